The molecule has 0 aromatic carbocycles. The number of carbonyl (C=O) groups is 1. The summed E-state index contributed by atoms with van der Waals surface area (Å²) in [5.41, 5.74) is 0. The molecule has 1 aliphatic heterocycles. The van der Waals surface area contributed by atoms with Gasteiger partial charge in [-0.15, -0.1) is 0 Å². The summed E-state index contributed by atoms with van der Waals surface area (Å²) in [6.07, 6.45) is 3.96. The Kier molecular flexibility index (Phi) is 6.34. The molecule has 2 amide bonds. The van der Waals surface area contributed by atoms with Gasteiger partial charge in [0.25, 0.3) is 0 Å². The van der Waals surface area contributed by atoms with Crippen molar-refractivity contribution in [2.75, 3.05) is 32.7 Å². The van der Waals surface area contributed by atoms with E-state index in [1.165, 1.54) is 32.4 Å². The molecule has 0 aromatic rings. The molecule has 17 heavy (non-hydrogen) atoms. The minimum absolute atomic E-state index is 0.0690. The fourth-order valence-electron chi connectivity index (χ4n) is 2.39. The first kappa shape index (κ1) is 14.3. The van der Waals surface area contributed by atoms with E-state index in [9.17, 15) is 4.79 Å². The van der Waals surface area contributed by atoms with Crippen molar-refractivity contribution >= 4 is 6.03 Å². The van der Waals surface area contributed by atoms with Crippen molar-refractivity contribution < 1.29 is 4.79 Å². The molecule has 0 aromatic heterocycles. The summed E-state index contributed by atoms with van der Waals surface area (Å²) in [4.78, 5) is 16.1. The zero-order valence-corrected chi connectivity index (χ0v) is 11.5. The van der Waals surface area contributed by atoms with E-state index < -0.39 is 0 Å². The summed E-state index contributed by atoms with van der Waals surface area (Å²) < 4.78 is 0. The number of likely N-dealkylation sites (tertiary alicyclic amines) is 1. The SMILES string of the molecule is CCN(CC)C(=O)NC(C)CN1CCCCC1. The first-order chi connectivity index (χ1) is 8.17. The van der Waals surface area contributed by atoms with Crippen LogP contribution in [0.25, 0.3) is 0 Å². The van der Waals surface area contributed by atoms with Crippen molar-refractivity contribution in [3.63, 3.8) is 0 Å². The molecule has 4 heteroatoms. The molecule has 0 aliphatic carbocycles. The second-order valence-corrected chi connectivity index (χ2v) is 4.88. The smallest absolute Gasteiger partial charge is 0.317 e. The second kappa shape index (κ2) is 7.54. The van der Waals surface area contributed by atoms with E-state index in [2.05, 4.69) is 17.1 Å². The van der Waals surface area contributed by atoms with E-state index in [-0.39, 0.29) is 12.1 Å². The minimum atomic E-state index is 0.0690. The van der Waals surface area contributed by atoms with Gasteiger partial charge in [0, 0.05) is 25.7 Å². The summed E-state index contributed by atoms with van der Waals surface area (Å²) in [7, 11) is 0. The Morgan fingerprint density at radius 3 is 2.35 bits per heavy atom. The Morgan fingerprint density at radius 2 is 1.82 bits per heavy atom. The van der Waals surface area contributed by atoms with Crippen LogP contribution in [0.4, 0.5) is 4.79 Å². The number of urea groups is 1. The van der Waals surface area contributed by atoms with Gasteiger partial charge in [0.1, 0.15) is 0 Å². The predicted octanol–water partition coefficient (Wildman–Crippen LogP) is 1.91. The van der Waals surface area contributed by atoms with Gasteiger partial charge in [-0.1, -0.05) is 6.42 Å². The molecule has 1 heterocycles. The lowest BCUT2D eigenvalue weighted by molar-refractivity contribution is 0.184. The van der Waals surface area contributed by atoms with Crippen LogP contribution in [0.5, 0.6) is 0 Å². The molecule has 1 aliphatic rings. The Bertz CT molecular complexity index is 223. The van der Waals surface area contributed by atoms with Crippen molar-refractivity contribution in [2.45, 2.75) is 46.1 Å². The van der Waals surface area contributed by atoms with Crippen LogP contribution in [0, 0.1) is 0 Å². The van der Waals surface area contributed by atoms with Crippen LogP contribution >= 0.6 is 0 Å². The molecule has 1 atom stereocenters. The van der Waals surface area contributed by atoms with Gasteiger partial charge >= 0.3 is 6.03 Å². The van der Waals surface area contributed by atoms with Crippen LogP contribution in [-0.2, 0) is 0 Å². The summed E-state index contributed by atoms with van der Waals surface area (Å²) in [6.45, 7) is 11.0. The van der Waals surface area contributed by atoms with Gasteiger partial charge in [0.05, 0.1) is 0 Å². The first-order valence-corrected chi connectivity index (χ1v) is 6.95. The number of hydrogen-bond donors (Lipinski definition) is 1. The van der Waals surface area contributed by atoms with Crippen LogP contribution in [0.2, 0.25) is 0 Å². The van der Waals surface area contributed by atoms with Gasteiger partial charge in [-0.2, -0.15) is 0 Å². The Morgan fingerprint density at radius 1 is 1.24 bits per heavy atom. The van der Waals surface area contributed by atoms with Crippen LogP contribution in [-0.4, -0.2) is 54.6 Å². The zero-order valence-electron chi connectivity index (χ0n) is 11.5. The van der Waals surface area contributed by atoms with E-state index in [0.717, 1.165) is 19.6 Å². The van der Waals surface area contributed by atoms with Gasteiger partial charge in [-0.25, -0.2) is 4.79 Å². The molecule has 1 unspecified atom stereocenters. The van der Waals surface area contributed by atoms with Gasteiger partial charge in [-0.05, 0) is 46.7 Å². The Labute approximate surface area is 105 Å². The molecule has 4 nitrogen and oxygen atoms in total. The van der Waals surface area contributed by atoms with Crippen LogP contribution in [0.1, 0.15) is 40.0 Å². The normalized spacial score (nSPS) is 18.8. The highest BCUT2D eigenvalue weighted by Crippen LogP contribution is 2.08. The Hall–Kier alpha value is -0.770. The van der Waals surface area contributed by atoms with Gasteiger partial charge in [0.2, 0.25) is 0 Å². The number of rotatable bonds is 5. The maximum Gasteiger partial charge on any atom is 0.317 e. The lowest BCUT2D eigenvalue weighted by Crippen LogP contribution is -2.48. The van der Waals surface area contributed by atoms with E-state index in [1.54, 1.807) is 0 Å². The highest BCUT2D eigenvalue weighted by atomic mass is 16.2. The van der Waals surface area contributed by atoms with Crippen molar-refractivity contribution in [1.29, 1.82) is 0 Å². The summed E-state index contributed by atoms with van der Waals surface area (Å²) in [5.74, 6) is 0. The molecule has 100 valence electrons. The molecule has 1 fully saturated rings. The fourth-order valence-corrected chi connectivity index (χ4v) is 2.39. The fraction of sp³-hybridized carbons (Fsp3) is 0.923. The van der Waals surface area contributed by atoms with E-state index >= 15 is 0 Å². The van der Waals surface area contributed by atoms with Crippen molar-refractivity contribution in [3.05, 3.63) is 0 Å². The van der Waals surface area contributed by atoms with E-state index in [1.807, 2.05) is 18.7 Å². The molecule has 0 bridgehead atoms. The monoisotopic (exact) mass is 241 g/mol. The van der Waals surface area contributed by atoms with Crippen molar-refractivity contribution in [2.24, 2.45) is 0 Å². The van der Waals surface area contributed by atoms with Crippen LogP contribution in [0.15, 0.2) is 0 Å². The topological polar surface area (TPSA) is 35.6 Å². The van der Waals surface area contributed by atoms with Crippen molar-refractivity contribution in [1.82, 2.24) is 15.1 Å². The maximum absolute atomic E-state index is 11.9. The molecule has 1 N–H and O–H groups in total. The number of nitrogens with zero attached hydrogens (tertiary/aromatic N) is 2. The van der Waals surface area contributed by atoms with Crippen LogP contribution < -0.4 is 5.32 Å². The third-order valence-corrected chi connectivity index (χ3v) is 3.40. The summed E-state index contributed by atoms with van der Waals surface area (Å²) >= 11 is 0. The van der Waals surface area contributed by atoms with Gasteiger partial charge in [-0.3, -0.25) is 0 Å². The van der Waals surface area contributed by atoms with Crippen molar-refractivity contribution in [3.8, 4) is 0 Å². The summed E-state index contributed by atoms with van der Waals surface area (Å²) in [5, 5.41) is 3.07. The molecule has 0 spiro atoms. The first-order valence-electron chi connectivity index (χ1n) is 6.95. The Balaban J connectivity index is 2.27. The molecular weight excluding hydrogens is 214 g/mol. The minimum Gasteiger partial charge on any atom is -0.334 e. The summed E-state index contributed by atoms with van der Waals surface area (Å²) in [6, 6.07) is 0.306. The number of amides is 2. The average Bonchev–Trinajstić information content (AvgIpc) is 2.31. The van der Waals surface area contributed by atoms with E-state index in [4.69, 9.17) is 0 Å². The standard InChI is InChI=1S/C13H27N3O/c1-4-16(5-2)13(17)14-12(3)11-15-9-7-6-8-10-15/h12H,4-11H2,1-3H3,(H,14,17). The average molecular weight is 241 g/mol. The number of nitrogens with one attached hydrogen (secondary N) is 1. The lowest BCUT2D eigenvalue weighted by atomic mass is 10.1. The van der Waals surface area contributed by atoms with Gasteiger partial charge < -0.3 is 15.1 Å². The predicted molar refractivity (Wildman–Crippen MR) is 71.2 cm³/mol. The molecule has 1 rings (SSSR count). The zero-order chi connectivity index (χ0) is 12.7. The molecule has 1 saturated heterocycles. The largest absolute Gasteiger partial charge is 0.334 e. The third kappa shape index (κ3) is 4.94. The third-order valence-electron chi connectivity index (χ3n) is 3.40. The highest BCUT2D eigenvalue weighted by molar-refractivity contribution is 5.74. The number of piperidine rings is 1. The second-order valence-electron chi connectivity index (χ2n) is 4.88. The quantitative estimate of drug-likeness (QED) is 0.798. The van der Waals surface area contributed by atoms with Crippen LogP contribution in [0.3, 0.4) is 0 Å². The maximum atomic E-state index is 11.9. The molecule has 0 radical (unpaired) electrons. The molecular formula is C13H27N3O. The molecule has 0 saturated carbocycles. The number of hydrogen-bond acceptors (Lipinski definition) is 2. The highest BCUT2D eigenvalue weighted by Gasteiger charge is 2.16. The van der Waals surface area contributed by atoms with E-state index in [0.29, 0.717) is 0 Å². The van der Waals surface area contributed by atoms with Gasteiger partial charge in [0.15, 0.2) is 0 Å². The lowest BCUT2D eigenvalue weighted by Gasteiger charge is -2.30. The number of carbonyl (C=O) groups excluding carboxylic acids is 1.